The molecule has 92 heavy (non-hydrogen) atoms. The van der Waals surface area contributed by atoms with Crippen LogP contribution in [-0.4, -0.2) is 19.9 Å². The first kappa shape index (κ1) is 75.6. The zero-order valence-electron chi connectivity index (χ0n) is 58.9. The van der Waals surface area contributed by atoms with Crippen molar-refractivity contribution in [3.63, 3.8) is 0 Å². The highest BCUT2D eigenvalue weighted by Gasteiger charge is 2.27. The molecule has 0 aliphatic carbocycles. The van der Waals surface area contributed by atoms with Crippen LogP contribution < -0.4 is 0 Å². The minimum Gasteiger partial charge on any atom is -0.215 e. The number of thiophene rings is 4. The fraction of sp³-hybridized carbons (Fsp3) is 0.700. The van der Waals surface area contributed by atoms with Gasteiger partial charge in [0, 0.05) is 9.75 Å². The number of aromatic nitrogens is 4. The smallest absolute Gasteiger partial charge is 0.182 e. The first-order chi connectivity index (χ1) is 45.3. The van der Waals surface area contributed by atoms with Crippen LogP contribution in [-0.2, 0) is 25.7 Å². The summed E-state index contributed by atoms with van der Waals surface area (Å²) in [4.78, 5) is 30.4. The van der Waals surface area contributed by atoms with E-state index in [1.54, 1.807) is 0 Å². The summed E-state index contributed by atoms with van der Waals surface area (Å²) in [6.07, 6.45) is 58.3. The van der Waals surface area contributed by atoms with E-state index < -0.39 is 0 Å². The molecule has 12 heteroatoms. The minimum absolute atomic E-state index is 0.682. The van der Waals surface area contributed by atoms with Gasteiger partial charge in [-0.2, -0.15) is 0 Å². The standard InChI is InChI=1S/C80H122N4S8/c1-9-17-25-31-33-39-47-61(45-37-29-21-13-5)54-64-50-52-86-70(64)76-82-74-80(90-76)92-78(84-74)72-66(56-62(46-38-30-22-14-6)48-40-34-32-26-18-10-2)58-68(88-72)67-57-65(55-60(42-24-16-8)44-36-28-20-12-4)71(87-67)77-83-73-79(91-77)89-75(81-73)69-63(49-51-85-69)53-59(41-23-15-7)43-35-27-19-11-3/h49-52,57-62H,9-48,53-56H2,1-8H3. The first-order valence-electron chi connectivity index (χ1n) is 38.2. The van der Waals surface area contributed by atoms with Gasteiger partial charge in [0.1, 0.15) is 28.1 Å². The first-order valence-corrected chi connectivity index (χ1v) is 44.9. The van der Waals surface area contributed by atoms with Crippen molar-refractivity contribution in [2.45, 2.75) is 338 Å². The van der Waals surface area contributed by atoms with Gasteiger partial charge in [-0.15, -0.1) is 90.7 Å². The lowest BCUT2D eigenvalue weighted by molar-refractivity contribution is 0.403. The Morgan fingerprint density at radius 2 is 0.522 bits per heavy atom. The summed E-state index contributed by atoms with van der Waals surface area (Å²) in [6, 6.07) is 10.1. The summed E-state index contributed by atoms with van der Waals surface area (Å²) in [5.74, 6) is 2.88. The molecule has 0 aliphatic rings. The summed E-state index contributed by atoms with van der Waals surface area (Å²) in [6.45, 7) is 18.8. The number of fused-ring (bicyclic) bond motifs is 2. The third-order valence-electron chi connectivity index (χ3n) is 19.8. The lowest BCUT2D eigenvalue weighted by Gasteiger charge is -2.17. The minimum atomic E-state index is 0.682. The number of nitrogens with zero attached hydrogens (tertiary/aromatic N) is 4. The monoisotopic (exact) mass is 1390 g/mol. The number of hydrogen-bond donors (Lipinski definition) is 0. The Morgan fingerprint density at radius 3 is 0.815 bits per heavy atom. The molecule has 0 N–H and O–H groups in total. The maximum atomic E-state index is 5.59. The number of hydrogen-bond acceptors (Lipinski definition) is 12. The average Bonchev–Trinajstić information content (AvgIpc) is 1.64. The third-order valence-corrected chi connectivity index (χ3v) is 29.3. The molecule has 8 heterocycles. The Kier molecular flexibility index (Phi) is 35.6. The number of unbranched alkanes of at least 4 members (excludes halogenated alkanes) is 24. The van der Waals surface area contributed by atoms with Gasteiger partial charge in [-0.1, -0.05) is 312 Å². The number of rotatable bonds is 53. The SMILES string of the molecule is CCCCCCCCC(CCCCCC)Cc1ccsc1-c1nc2nc(-c3sc(-c4cc(CC(CCCC)CCCCCC)c(-c5nc6nc(-c7sccc7CC(CCCC)CCCCCC)sc6s5)s4)cc3CC(CCCCCC)CCCCCCCC)sc2s1. The molecule has 0 amide bonds. The molecule has 8 aromatic heterocycles. The zero-order chi connectivity index (χ0) is 64.5. The van der Waals surface area contributed by atoms with Gasteiger partial charge in [-0.05, 0) is 107 Å². The van der Waals surface area contributed by atoms with E-state index in [9.17, 15) is 0 Å². The molecule has 0 bridgehead atoms. The van der Waals surface area contributed by atoms with Crippen molar-refractivity contribution >= 4 is 110 Å². The maximum Gasteiger partial charge on any atom is 0.182 e. The summed E-state index contributed by atoms with van der Waals surface area (Å²) in [5.41, 5.74) is 7.97. The molecule has 4 nitrogen and oxygen atoms in total. The van der Waals surface area contributed by atoms with Crippen molar-refractivity contribution in [1.82, 2.24) is 19.9 Å². The Labute approximate surface area is 593 Å². The van der Waals surface area contributed by atoms with Crippen molar-refractivity contribution < 1.29 is 0 Å². The highest BCUT2D eigenvalue weighted by Crippen LogP contribution is 2.51. The van der Waals surface area contributed by atoms with Gasteiger partial charge in [0.2, 0.25) is 0 Å². The van der Waals surface area contributed by atoms with Gasteiger partial charge >= 0.3 is 0 Å². The quantitative estimate of drug-likeness (QED) is 0.0357. The lowest BCUT2D eigenvalue weighted by Crippen LogP contribution is -2.06. The van der Waals surface area contributed by atoms with E-state index in [1.807, 2.05) is 90.7 Å². The van der Waals surface area contributed by atoms with Gasteiger partial charge in [0.05, 0.1) is 19.5 Å². The molecule has 0 saturated carbocycles. The van der Waals surface area contributed by atoms with E-state index in [2.05, 4.69) is 90.4 Å². The van der Waals surface area contributed by atoms with E-state index in [4.69, 9.17) is 19.9 Å². The Balaban J connectivity index is 1.13. The third kappa shape index (κ3) is 24.1. The van der Waals surface area contributed by atoms with Gasteiger partial charge < -0.3 is 0 Å². The van der Waals surface area contributed by atoms with Crippen molar-refractivity contribution in [3.8, 4) is 49.3 Å². The highest BCUT2D eigenvalue weighted by molar-refractivity contribution is 7.42. The second-order valence-electron chi connectivity index (χ2n) is 27.9. The lowest BCUT2D eigenvalue weighted by atomic mass is 9.88. The molecule has 8 aromatic rings. The van der Waals surface area contributed by atoms with Crippen LogP contribution >= 0.6 is 90.7 Å². The fourth-order valence-electron chi connectivity index (χ4n) is 14.3. The van der Waals surface area contributed by atoms with Gasteiger partial charge in [-0.3, -0.25) is 0 Å². The van der Waals surface area contributed by atoms with Crippen LogP contribution in [0.15, 0.2) is 35.0 Å². The van der Waals surface area contributed by atoms with Crippen LogP contribution in [0.25, 0.3) is 68.6 Å². The topological polar surface area (TPSA) is 51.6 Å². The normalized spacial score (nSPS) is 13.4. The van der Waals surface area contributed by atoms with E-state index >= 15 is 0 Å². The second-order valence-corrected chi connectivity index (χ2v) is 36.3. The molecule has 510 valence electrons. The molecule has 0 aromatic carbocycles. The molecular weight excluding hydrogens is 1270 g/mol. The molecule has 0 radical (unpaired) electrons. The predicted molar refractivity (Wildman–Crippen MR) is 422 cm³/mol. The molecule has 0 spiro atoms. The van der Waals surface area contributed by atoms with Crippen molar-refractivity contribution in [1.29, 1.82) is 0 Å². The zero-order valence-corrected chi connectivity index (χ0v) is 65.5. The van der Waals surface area contributed by atoms with Gasteiger partial charge in [-0.25, -0.2) is 19.9 Å². The summed E-state index contributed by atoms with van der Waals surface area (Å²) in [7, 11) is 0. The Hall–Kier alpha value is -2.16. The average molecular weight is 1400 g/mol. The van der Waals surface area contributed by atoms with Crippen LogP contribution in [0.3, 0.4) is 0 Å². The summed E-state index contributed by atoms with van der Waals surface area (Å²) >= 11 is 15.5. The number of thiazole rings is 4. The van der Waals surface area contributed by atoms with Crippen molar-refractivity contribution in [2.24, 2.45) is 23.7 Å². The fourth-order valence-corrected chi connectivity index (χ4v) is 23.3. The van der Waals surface area contributed by atoms with Crippen LogP contribution in [0.2, 0.25) is 0 Å². The van der Waals surface area contributed by atoms with Crippen LogP contribution in [0, 0.1) is 23.7 Å². The Morgan fingerprint density at radius 1 is 0.272 bits per heavy atom. The van der Waals surface area contributed by atoms with E-state index in [1.165, 1.54) is 349 Å². The largest absolute Gasteiger partial charge is 0.215 e. The molecule has 8 rings (SSSR count). The molecule has 0 aliphatic heterocycles. The van der Waals surface area contributed by atoms with Gasteiger partial charge in [0.25, 0.3) is 0 Å². The summed E-state index contributed by atoms with van der Waals surface area (Å²) < 4.78 is 2.56. The molecule has 0 fully saturated rings. The van der Waals surface area contributed by atoms with E-state index in [0.717, 1.165) is 36.0 Å². The maximum absolute atomic E-state index is 5.59. The van der Waals surface area contributed by atoms with Crippen LogP contribution in [0.1, 0.15) is 334 Å². The van der Waals surface area contributed by atoms with Crippen molar-refractivity contribution in [2.75, 3.05) is 0 Å². The van der Waals surface area contributed by atoms with E-state index in [-0.39, 0.29) is 0 Å². The van der Waals surface area contributed by atoms with Crippen LogP contribution in [0.4, 0.5) is 0 Å². The van der Waals surface area contributed by atoms with Crippen LogP contribution in [0.5, 0.6) is 0 Å². The molecular formula is C80H122N4S8. The highest BCUT2D eigenvalue weighted by atomic mass is 32.2. The van der Waals surface area contributed by atoms with Gasteiger partial charge in [0.15, 0.2) is 11.3 Å². The summed E-state index contributed by atoms with van der Waals surface area (Å²) in [5, 5.41) is 9.38. The van der Waals surface area contributed by atoms with E-state index in [0.29, 0.717) is 11.8 Å². The Bertz CT molecular complexity index is 3140. The molecule has 0 saturated heterocycles. The molecule has 4 unspecified atom stereocenters. The van der Waals surface area contributed by atoms with Crippen molar-refractivity contribution in [3.05, 3.63) is 57.3 Å². The predicted octanol–water partition coefficient (Wildman–Crippen LogP) is 30.8. The second kappa shape index (κ2) is 43.3. The molecule has 4 atom stereocenters.